The summed E-state index contributed by atoms with van der Waals surface area (Å²) < 4.78 is 10.7. The third-order valence-corrected chi connectivity index (χ3v) is 3.15. The number of esters is 2. The first-order valence-corrected chi connectivity index (χ1v) is 6.58. The van der Waals surface area contributed by atoms with Crippen LogP contribution in [0.3, 0.4) is 0 Å². The van der Waals surface area contributed by atoms with E-state index in [1.165, 1.54) is 49.4 Å². The molecular weight excluding hydrogens is 302 g/mol. The topological polar surface area (TPSA) is 99.5 Å². The van der Waals surface area contributed by atoms with E-state index in [9.17, 15) is 14.4 Å². The summed E-state index contributed by atoms with van der Waals surface area (Å²) in [6.45, 7) is 0. The number of aromatic nitrogens is 2. The fraction of sp³-hybridized carbons (Fsp3) is 0.200. The lowest BCUT2D eigenvalue weighted by Gasteiger charge is -2.11. The van der Waals surface area contributed by atoms with Crippen molar-refractivity contribution in [3.05, 3.63) is 47.3 Å². The zero-order chi connectivity index (χ0) is 17.0. The van der Waals surface area contributed by atoms with Gasteiger partial charge in [-0.3, -0.25) is 9.48 Å². The van der Waals surface area contributed by atoms with E-state index in [0.29, 0.717) is 5.69 Å². The maximum absolute atomic E-state index is 12.3. The van der Waals surface area contributed by atoms with Crippen molar-refractivity contribution in [3.8, 4) is 0 Å². The minimum Gasteiger partial charge on any atom is -0.465 e. The molecule has 2 rings (SSSR count). The molecule has 1 amide bonds. The highest BCUT2D eigenvalue weighted by Crippen LogP contribution is 2.20. The first kappa shape index (κ1) is 16.2. The summed E-state index contributed by atoms with van der Waals surface area (Å²) in [7, 11) is 4.08. The Labute approximate surface area is 132 Å². The predicted octanol–water partition coefficient (Wildman–Crippen LogP) is 1.25. The Hall–Kier alpha value is -3.16. The van der Waals surface area contributed by atoms with Crippen molar-refractivity contribution in [1.82, 2.24) is 9.78 Å². The van der Waals surface area contributed by atoms with Crippen LogP contribution in [0.15, 0.2) is 30.5 Å². The molecule has 120 valence electrons. The first-order chi connectivity index (χ1) is 11.0. The Morgan fingerprint density at radius 3 is 2.35 bits per heavy atom. The summed E-state index contributed by atoms with van der Waals surface area (Å²) in [5.41, 5.74) is 0.756. The molecule has 0 spiro atoms. The molecule has 0 aliphatic heterocycles. The van der Waals surface area contributed by atoms with E-state index in [0.717, 1.165) is 0 Å². The Morgan fingerprint density at radius 1 is 1.09 bits per heavy atom. The van der Waals surface area contributed by atoms with Crippen LogP contribution >= 0.6 is 0 Å². The molecule has 0 bridgehead atoms. The molecule has 1 aromatic carbocycles. The number of hydrogen-bond acceptors (Lipinski definition) is 6. The van der Waals surface area contributed by atoms with E-state index >= 15 is 0 Å². The van der Waals surface area contributed by atoms with E-state index in [4.69, 9.17) is 0 Å². The number of methoxy groups -OCH3 is 2. The van der Waals surface area contributed by atoms with E-state index in [-0.39, 0.29) is 16.8 Å². The zero-order valence-corrected chi connectivity index (χ0v) is 12.8. The number of nitrogens with zero attached hydrogens (tertiary/aromatic N) is 2. The van der Waals surface area contributed by atoms with Gasteiger partial charge in [0.2, 0.25) is 0 Å². The van der Waals surface area contributed by atoms with Gasteiger partial charge in [0, 0.05) is 13.2 Å². The second-order valence-corrected chi connectivity index (χ2v) is 4.54. The quantitative estimate of drug-likeness (QED) is 0.852. The highest BCUT2D eigenvalue weighted by Gasteiger charge is 2.19. The van der Waals surface area contributed by atoms with Gasteiger partial charge in [-0.15, -0.1) is 0 Å². The largest absolute Gasteiger partial charge is 0.465 e. The number of ether oxygens (including phenoxy) is 2. The summed E-state index contributed by atoms with van der Waals surface area (Å²) >= 11 is 0. The number of carbonyl (C=O) groups is 3. The van der Waals surface area contributed by atoms with Gasteiger partial charge in [0.1, 0.15) is 5.69 Å². The van der Waals surface area contributed by atoms with Gasteiger partial charge in [-0.1, -0.05) is 0 Å². The molecule has 1 heterocycles. The zero-order valence-electron chi connectivity index (χ0n) is 12.8. The van der Waals surface area contributed by atoms with Crippen LogP contribution in [0.1, 0.15) is 31.2 Å². The third-order valence-electron chi connectivity index (χ3n) is 3.15. The van der Waals surface area contributed by atoms with Crippen LogP contribution in [0.25, 0.3) is 0 Å². The van der Waals surface area contributed by atoms with Gasteiger partial charge in [-0.2, -0.15) is 5.10 Å². The SMILES string of the molecule is COC(=O)c1ccc(C(=O)OC)c(NC(=O)c2ccnn2C)c1. The van der Waals surface area contributed by atoms with Crippen molar-refractivity contribution in [2.75, 3.05) is 19.5 Å². The Kier molecular flexibility index (Phi) is 4.75. The highest BCUT2D eigenvalue weighted by molar-refractivity contribution is 6.08. The Morgan fingerprint density at radius 2 is 1.78 bits per heavy atom. The lowest BCUT2D eigenvalue weighted by Crippen LogP contribution is -2.19. The van der Waals surface area contributed by atoms with Crippen LogP contribution in [0.5, 0.6) is 0 Å². The Bertz CT molecular complexity index is 766. The van der Waals surface area contributed by atoms with Crippen LogP contribution in [-0.4, -0.2) is 41.8 Å². The number of carbonyl (C=O) groups excluding carboxylic acids is 3. The van der Waals surface area contributed by atoms with Crippen LogP contribution < -0.4 is 5.32 Å². The molecular formula is C15H15N3O5. The fourth-order valence-electron chi connectivity index (χ4n) is 1.96. The molecule has 1 N–H and O–H groups in total. The van der Waals surface area contributed by atoms with Crippen LogP contribution in [0, 0.1) is 0 Å². The van der Waals surface area contributed by atoms with E-state index in [1.807, 2.05) is 0 Å². The molecule has 0 aliphatic carbocycles. The third kappa shape index (κ3) is 3.37. The lowest BCUT2D eigenvalue weighted by atomic mass is 10.1. The maximum Gasteiger partial charge on any atom is 0.339 e. The van der Waals surface area contributed by atoms with Gasteiger partial charge in [-0.05, 0) is 24.3 Å². The Balaban J connectivity index is 2.41. The van der Waals surface area contributed by atoms with Crippen molar-refractivity contribution < 1.29 is 23.9 Å². The minimum atomic E-state index is -0.637. The van der Waals surface area contributed by atoms with Gasteiger partial charge in [0.25, 0.3) is 5.91 Å². The van der Waals surface area contributed by atoms with Crippen molar-refractivity contribution in [2.24, 2.45) is 7.05 Å². The standard InChI is InChI=1S/C15H15N3O5/c1-18-12(6-7-16-18)13(19)17-11-8-9(14(20)22-2)4-5-10(11)15(21)23-3/h4-8H,1-3H3,(H,17,19). The molecule has 0 saturated carbocycles. The maximum atomic E-state index is 12.3. The first-order valence-electron chi connectivity index (χ1n) is 6.58. The summed E-state index contributed by atoms with van der Waals surface area (Å²) in [6.07, 6.45) is 1.47. The average Bonchev–Trinajstić information content (AvgIpc) is 2.99. The molecule has 8 heteroatoms. The summed E-state index contributed by atoms with van der Waals surface area (Å²) in [5, 5.41) is 6.48. The predicted molar refractivity (Wildman–Crippen MR) is 80.3 cm³/mol. The normalized spacial score (nSPS) is 10.0. The average molecular weight is 317 g/mol. The molecule has 0 fully saturated rings. The number of rotatable bonds is 4. The molecule has 8 nitrogen and oxygen atoms in total. The highest BCUT2D eigenvalue weighted by atomic mass is 16.5. The van der Waals surface area contributed by atoms with Gasteiger partial charge in [-0.25, -0.2) is 9.59 Å². The molecule has 0 aliphatic rings. The van der Waals surface area contributed by atoms with Gasteiger partial charge in [0.15, 0.2) is 0 Å². The minimum absolute atomic E-state index is 0.121. The number of benzene rings is 1. The van der Waals surface area contributed by atoms with Crippen molar-refractivity contribution in [2.45, 2.75) is 0 Å². The molecule has 0 unspecified atom stereocenters. The second kappa shape index (κ2) is 6.73. The molecule has 2 aromatic rings. The molecule has 1 aromatic heterocycles. The van der Waals surface area contributed by atoms with Crippen molar-refractivity contribution in [1.29, 1.82) is 0 Å². The molecule has 0 radical (unpaired) electrons. The summed E-state index contributed by atoms with van der Waals surface area (Å²) in [4.78, 5) is 35.7. The van der Waals surface area contributed by atoms with Gasteiger partial charge >= 0.3 is 11.9 Å². The number of hydrogen-bond donors (Lipinski definition) is 1. The van der Waals surface area contributed by atoms with E-state index in [1.54, 1.807) is 7.05 Å². The fourth-order valence-corrected chi connectivity index (χ4v) is 1.96. The van der Waals surface area contributed by atoms with Crippen molar-refractivity contribution in [3.63, 3.8) is 0 Å². The number of amides is 1. The number of nitrogens with one attached hydrogen (secondary N) is 1. The van der Waals surface area contributed by atoms with E-state index in [2.05, 4.69) is 19.9 Å². The van der Waals surface area contributed by atoms with Crippen LogP contribution in [-0.2, 0) is 16.5 Å². The molecule has 0 saturated heterocycles. The number of anilines is 1. The van der Waals surface area contributed by atoms with E-state index < -0.39 is 17.8 Å². The second-order valence-electron chi connectivity index (χ2n) is 4.54. The molecule has 23 heavy (non-hydrogen) atoms. The van der Waals surface area contributed by atoms with Crippen LogP contribution in [0.4, 0.5) is 5.69 Å². The van der Waals surface area contributed by atoms with Gasteiger partial charge < -0.3 is 14.8 Å². The lowest BCUT2D eigenvalue weighted by molar-refractivity contribution is 0.0587. The monoisotopic (exact) mass is 317 g/mol. The smallest absolute Gasteiger partial charge is 0.339 e. The van der Waals surface area contributed by atoms with Gasteiger partial charge in [0.05, 0.1) is 31.0 Å². The summed E-state index contributed by atoms with van der Waals surface area (Å²) in [5.74, 6) is -1.70. The van der Waals surface area contributed by atoms with Crippen LogP contribution in [0.2, 0.25) is 0 Å². The van der Waals surface area contributed by atoms with Crippen molar-refractivity contribution >= 4 is 23.5 Å². The summed E-state index contributed by atoms with van der Waals surface area (Å²) in [6, 6.07) is 5.68. The number of aryl methyl sites for hydroxylation is 1. The molecule has 0 atom stereocenters.